The highest BCUT2D eigenvalue weighted by Crippen LogP contribution is 2.42. The Morgan fingerprint density at radius 3 is 2.81 bits per heavy atom. The van der Waals surface area contributed by atoms with Crippen LogP contribution in [0.2, 0.25) is 5.02 Å². The van der Waals surface area contributed by atoms with E-state index in [0.717, 1.165) is 0 Å². The summed E-state index contributed by atoms with van der Waals surface area (Å²) in [5, 5.41) is 9.21. The number of anilines is 1. The number of aromatic amines is 1. The Morgan fingerprint density at radius 1 is 1.33 bits per heavy atom. The van der Waals surface area contributed by atoms with Crippen LogP contribution in [0.3, 0.4) is 0 Å². The molecule has 0 radical (unpaired) electrons. The zero-order valence-electron chi connectivity index (χ0n) is 14.2. The van der Waals surface area contributed by atoms with Gasteiger partial charge in [0.05, 0.1) is 40.4 Å². The molecule has 0 saturated carbocycles. The number of hydrogen-bond acceptors (Lipinski definition) is 4. The largest absolute Gasteiger partial charge is 0.312 e. The van der Waals surface area contributed by atoms with Gasteiger partial charge in [-0.2, -0.15) is 5.10 Å². The quantitative estimate of drug-likeness (QED) is 0.518. The summed E-state index contributed by atoms with van der Waals surface area (Å²) in [6.07, 6.45) is 6.58. The number of nitrogens with one attached hydrogen (secondary N) is 2. The molecule has 1 amide bonds. The maximum Gasteiger partial charge on any atom is 0.212 e. The second kappa shape index (κ2) is 5.98. The zero-order valence-corrected chi connectivity index (χ0v) is 15.0. The van der Waals surface area contributed by atoms with Crippen molar-refractivity contribution >= 4 is 40.4 Å². The number of nitrogens with zero attached hydrogens (tertiary/aromatic N) is 4. The minimum absolute atomic E-state index is 0.190. The summed E-state index contributed by atoms with van der Waals surface area (Å²) in [6.45, 7) is 2.50. The fourth-order valence-electron chi connectivity index (χ4n) is 3.08. The average molecular weight is 391 g/mol. The molecule has 0 aliphatic rings. The standard InChI is InChI=1S/C17H13ClF2N6O/c1-17(2,20)13-15(19)14(18)12(8-3-23-25-16(8)13)9-5-26-6-10(22-7-27)24-11(26)4-21-9/h3-7H,1-2H3,(H,22,27)(H,23,25). The molecule has 0 unspecified atom stereocenters. The lowest BCUT2D eigenvalue weighted by Gasteiger charge is -2.19. The third-order valence-electron chi connectivity index (χ3n) is 4.19. The van der Waals surface area contributed by atoms with Gasteiger partial charge in [-0.25, -0.2) is 13.8 Å². The second-order valence-electron chi connectivity index (χ2n) is 6.44. The molecule has 4 aromatic rings. The molecule has 0 aliphatic heterocycles. The van der Waals surface area contributed by atoms with Crippen LogP contribution >= 0.6 is 11.6 Å². The van der Waals surface area contributed by atoms with Crippen LogP contribution in [-0.2, 0) is 10.5 Å². The maximum absolute atomic E-state index is 15.0. The van der Waals surface area contributed by atoms with Crippen molar-refractivity contribution in [2.24, 2.45) is 0 Å². The van der Waals surface area contributed by atoms with E-state index >= 15 is 0 Å². The van der Waals surface area contributed by atoms with Crippen LogP contribution in [0.5, 0.6) is 0 Å². The fraction of sp³-hybridized carbons (Fsp3) is 0.176. The molecule has 27 heavy (non-hydrogen) atoms. The Balaban J connectivity index is 1.99. The average Bonchev–Trinajstić information content (AvgIpc) is 3.20. The first-order valence-corrected chi connectivity index (χ1v) is 8.27. The molecular weight excluding hydrogens is 378 g/mol. The molecule has 1 aromatic carbocycles. The lowest BCUT2D eigenvalue weighted by atomic mass is 9.94. The molecular formula is C17H13ClF2N6O. The van der Waals surface area contributed by atoms with Crippen LogP contribution in [0.4, 0.5) is 14.6 Å². The third-order valence-corrected chi connectivity index (χ3v) is 4.54. The molecule has 0 saturated heterocycles. The molecule has 4 rings (SSSR count). The summed E-state index contributed by atoms with van der Waals surface area (Å²) in [5.41, 5.74) is -0.832. The van der Waals surface area contributed by atoms with E-state index in [-0.39, 0.29) is 21.7 Å². The number of carbonyl (C=O) groups is 1. The van der Waals surface area contributed by atoms with E-state index in [1.165, 1.54) is 26.2 Å². The van der Waals surface area contributed by atoms with E-state index in [1.54, 1.807) is 16.8 Å². The Morgan fingerprint density at radius 2 is 2.11 bits per heavy atom. The highest BCUT2D eigenvalue weighted by molar-refractivity contribution is 6.35. The molecule has 7 nitrogen and oxygen atoms in total. The van der Waals surface area contributed by atoms with Gasteiger partial charge in [0.2, 0.25) is 6.41 Å². The van der Waals surface area contributed by atoms with Gasteiger partial charge in [0.1, 0.15) is 5.67 Å². The molecule has 0 atom stereocenters. The van der Waals surface area contributed by atoms with Crippen molar-refractivity contribution in [2.75, 3.05) is 5.32 Å². The summed E-state index contributed by atoms with van der Waals surface area (Å²) < 4.78 is 31.1. The van der Waals surface area contributed by atoms with E-state index in [4.69, 9.17) is 11.6 Å². The number of H-pyrrole nitrogens is 1. The van der Waals surface area contributed by atoms with Crippen molar-refractivity contribution in [3.05, 3.63) is 41.2 Å². The van der Waals surface area contributed by atoms with Gasteiger partial charge < -0.3 is 9.72 Å². The minimum Gasteiger partial charge on any atom is -0.312 e. The molecule has 138 valence electrons. The monoisotopic (exact) mass is 390 g/mol. The predicted molar refractivity (Wildman–Crippen MR) is 96.9 cm³/mol. The van der Waals surface area contributed by atoms with Gasteiger partial charge in [-0.1, -0.05) is 11.6 Å². The molecule has 3 heterocycles. The molecule has 0 fully saturated rings. The highest BCUT2D eigenvalue weighted by Gasteiger charge is 2.31. The molecule has 2 N–H and O–H groups in total. The van der Waals surface area contributed by atoms with Crippen molar-refractivity contribution in [3.63, 3.8) is 0 Å². The number of carbonyl (C=O) groups excluding carboxylic acids is 1. The normalized spacial score (nSPS) is 12.0. The molecule has 10 heteroatoms. The smallest absolute Gasteiger partial charge is 0.212 e. The van der Waals surface area contributed by atoms with E-state index in [2.05, 4.69) is 25.5 Å². The van der Waals surface area contributed by atoms with Crippen molar-refractivity contribution in [3.8, 4) is 11.3 Å². The lowest BCUT2D eigenvalue weighted by Crippen LogP contribution is -2.13. The Bertz CT molecular complexity index is 1190. The SMILES string of the molecule is CC(C)(F)c1c(F)c(Cl)c(-c2cn3cc(NC=O)nc3cn2)c2cn[nH]c12. The van der Waals surface area contributed by atoms with E-state index in [9.17, 15) is 13.6 Å². The number of aromatic nitrogens is 5. The summed E-state index contributed by atoms with van der Waals surface area (Å²) in [6, 6.07) is 0. The Labute approximate surface area is 156 Å². The molecule has 0 bridgehead atoms. The summed E-state index contributed by atoms with van der Waals surface area (Å²) in [4.78, 5) is 19.0. The summed E-state index contributed by atoms with van der Waals surface area (Å²) in [7, 11) is 0. The topological polar surface area (TPSA) is 88.0 Å². The van der Waals surface area contributed by atoms with Gasteiger partial charge in [-0.15, -0.1) is 0 Å². The lowest BCUT2D eigenvalue weighted by molar-refractivity contribution is -0.105. The van der Waals surface area contributed by atoms with Crippen molar-refractivity contribution in [1.82, 2.24) is 24.6 Å². The van der Waals surface area contributed by atoms with Crippen LogP contribution in [0.25, 0.3) is 27.8 Å². The predicted octanol–water partition coefficient (Wildman–Crippen LogP) is 3.84. The van der Waals surface area contributed by atoms with Crippen molar-refractivity contribution in [1.29, 1.82) is 0 Å². The zero-order chi connectivity index (χ0) is 19.3. The number of amides is 1. The minimum atomic E-state index is -1.96. The Kier molecular flexibility index (Phi) is 3.84. The number of halogens is 3. The van der Waals surface area contributed by atoms with E-state index in [0.29, 0.717) is 29.0 Å². The highest BCUT2D eigenvalue weighted by atomic mass is 35.5. The molecule has 3 aromatic heterocycles. The van der Waals surface area contributed by atoms with Crippen LogP contribution in [0.15, 0.2) is 24.8 Å². The van der Waals surface area contributed by atoms with Crippen LogP contribution in [0, 0.1) is 5.82 Å². The van der Waals surface area contributed by atoms with Gasteiger partial charge >= 0.3 is 0 Å². The Hall–Kier alpha value is -3.07. The number of benzene rings is 1. The first-order valence-electron chi connectivity index (χ1n) is 7.90. The van der Waals surface area contributed by atoms with Crippen LogP contribution in [-0.4, -0.2) is 31.0 Å². The summed E-state index contributed by atoms with van der Waals surface area (Å²) >= 11 is 6.27. The van der Waals surface area contributed by atoms with Gasteiger partial charge in [-0.05, 0) is 13.8 Å². The van der Waals surface area contributed by atoms with Crippen LogP contribution in [0.1, 0.15) is 19.4 Å². The van der Waals surface area contributed by atoms with Crippen LogP contribution < -0.4 is 5.32 Å². The van der Waals surface area contributed by atoms with E-state index in [1.807, 2.05) is 0 Å². The number of fused-ring (bicyclic) bond motifs is 2. The van der Waals surface area contributed by atoms with Crippen molar-refractivity contribution in [2.45, 2.75) is 19.5 Å². The number of hydrogen-bond donors (Lipinski definition) is 2. The first-order chi connectivity index (χ1) is 12.8. The van der Waals surface area contributed by atoms with Gasteiger partial charge in [0, 0.05) is 17.1 Å². The maximum atomic E-state index is 15.0. The second-order valence-corrected chi connectivity index (χ2v) is 6.81. The number of imidazole rings is 1. The van der Waals surface area contributed by atoms with Gasteiger partial charge in [0.25, 0.3) is 0 Å². The molecule has 0 spiro atoms. The fourth-order valence-corrected chi connectivity index (χ4v) is 3.37. The third kappa shape index (κ3) is 2.71. The van der Waals surface area contributed by atoms with E-state index < -0.39 is 11.5 Å². The number of rotatable bonds is 4. The van der Waals surface area contributed by atoms with Gasteiger partial charge in [0.15, 0.2) is 17.3 Å². The van der Waals surface area contributed by atoms with Gasteiger partial charge in [-0.3, -0.25) is 14.9 Å². The summed E-state index contributed by atoms with van der Waals surface area (Å²) in [5.74, 6) is -0.532. The first kappa shape index (κ1) is 17.3. The van der Waals surface area contributed by atoms with Crippen molar-refractivity contribution < 1.29 is 13.6 Å². The number of alkyl halides is 1. The molecule has 0 aliphatic carbocycles.